The molecule has 0 N–H and O–H groups in total. The third-order valence-corrected chi connectivity index (χ3v) is 11.5. The van der Waals surface area contributed by atoms with Gasteiger partial charge in [-0.25, -0.2) is 16.8 Å². The maximum atomic E-state index is 13.8. The van der Waals surface area contributed by atoms with Gasteiger partial charge in [-0.3, -0.25) is 4.98 Å². The summed E-state index contributed by atoms with van der Waals surface area (Å²) >= 11 is 0. The molecule has 2 aliphatic rings. The fourth-order valence-electron chi connectivity index (χ4n) is 5.24. The first-order chi connectivity index (χ1) is 19.9. The lowest BCUT2D eigenvalue weighted by Gasteiger charge is -2.35. The standard InChI is InChI=1S/C31H39N3O6S2/c1-23-9-13-26(14-10-23)41(35,36)33-17-7-5-6-8-18-34(42(37,38)27-15-11-24(2)12-16-27)21-29-30-28(25(20-33)19-32-29)22-39-31(3,4)40-30/h9-16,19H,5-8,17-18,20-22H2,1-4H3. The van der Waals surface area contributed by atoms with Gasteiger partial charge in [-0.15, -0.1) is 0 Å². The molecule has 0 amide bonds. The Bertz CT molecular complexity index is 1640. The molecular weight excluding hydrogens is 574 g/mol. The van der Waals surface area contributed by atoms with Crippen molar-refractivity contribution in [2.24, 2.45) is 0 Å². The van der Waals surface area contributed by atoms with E-state index in [9.17, 15) is 16.8 Å². The van der Waals surface area contributed by atoms with Gasteiger partial charge in [-0.1, -0.05) is 48.2 Å². The van der Waals surface area contributed by atoms with E-state index in [2.05, 4.69) is 0 Å². The third-order valence-electron chi connectivity index (χ3n) is 7.77. The smallest absolute Gasteiger partial charge is 0.243 e. The molecule has 0 unspecified atom stereocenters. The maximum absolute atomic E-state index is 13.8. The third kappa shape index (κ3) is 6.55. The molecule has 0 saturated carbocycles. The van der Waals surface area contributed by atoms with Crippen molar-refractivity contribution in [1.82, 2.24) is 13.6 Å². The van der Waals surface area contributed by atoms with E-state index in [1.54, 1.807) is 68.6 Å². The molecule has 3 heterocycles. The van der Waals surface area contributed by atoms with Crippen LogP contribution in [-0.4, -0.2) is 49.3 Å². The highest BCUT2D eigenvalue weighted by atomic mass is 32.2. The average Bonchev–Trinajstić information content (AvgIpc) is 2.94. The number of sulfonamides is 2. The second kappa shape index (κ2) is 12.0. The molecule has 0 saturated heterocycles. The number of pyridine rings is 1. The number of nitrogens with zero attached hydrogens (tertiary/aromatic N) is 3. The van der Waals surface area contributed by atoms with Crippen molar-refractivity contribution in [1.29, 1.82) is 0 Å². The maximum Gasteiger partial charge on any atom is 0.243 e. The summed E-state index contributed by atoms with van der Waals surface area (Å²) in [4.78, 5) is 5.18. The van der Waals surface area contributed by atoms with E-state index < -0.39 is 25.8 Å². The lowest BCUT2D eigenvalue weighted by molar-refractivity contribution is -0.181. The van der Waals surface area contributed by atoms with E-state index >= 15 is 0 Å². The average molecular weight is 614 g/mol. The molecule has 0 radical (unpaired) electrons. The van der Waals surface area contributed by atoms with Crippen LogP contribution in [0, 0.1) is 13.8 Å². The molecule has 0 atom stereocenters. The van der Waals surface area contributed by atoms with Gasteiger partial charge in [0, 0.05) is 45.2 Å². The SMILES string of the molecule is Cc1ccc(S(=O)(=O)N2CCCCCCN(S(=O)(=O)c3ccc(C)cc3)Cc3ncc(c4c3OC(C)(C)OC4)C2)cc1. The van der Waals surface area contributed by atoms with Crippen molar-refractivity contribution in [3.8, 4) is 5.75 Å². The number of aryl methyl sites for hydroxylation is 2. The van der Waals surface area contributed by atoms with E-state index in [4.69, 9.17) is 14.5 Å². The van der Waals surface area contributed by atoms with Crippen LogP contribution in [0.1, 0.15) is 67.5 Å². The molecule has 0 spiro atoms. The number of benzene rings is 2. The van der Waals surface area contributed by atoms with Crippen LogP contribution < -0.4 is 4.74 Å². The van der Waals surface area contributed by atoms with E-state index in [1.807, 2.05) is 13.8 Å². The molecule has 3 aromatic rings. The van der Waals surface area contributed by atoms with Crippen LogP contribution in [0.2, 0.25) is 0 Å². The molecule has 1 aromatic heterocycles. The van der Waals surface area contributed by atoms with Crippen LogP contribution in [0.15, 0.2) is 64.5 Å². The summed E-state index contributed by atoms with van der Waals surface area (Å²) in [5.41, 5.74) is 3.80. The van der Waals surface area contributed by atoms with Gasteiger partial charge in [-0.05, 0) is 56.5 Å². The molecule has 2 aromatic carbocycles. The molecule has 5 rings (SSSR count). The summed E-state index contributed by atoms with van der Waals surface area (Å²) in [6.07, 6.45) is 4.44. The summed E-state index contributed by atoms with van der Waals surface area (Å²) in [5, 5.41) is 0. The second-order valence-electron chi connectivity index (χ2n) is 11.5. The molecule has 0 fully saturated rings. The molecule has 0 aliphatic carbocycles. The second-order valence-corrected chi connectivity index (χ2v) is 15.4. The van der Waals surface area contributed by atoms with Crippen LogP contribution in [0.4, 0.5) is 0 Å². The van der Waals surface area contributed by atoms with E-state index in [0.29, 0.717) is 48.5 Å². The van der Waals surface area contributed by atoms with Crippen LogP contribution in [0.25, 0.3) is 0 Å². The Morgan fingerprint density at radius 3 is 1.76 bits per heavy atom. The van der Waals surface area contributed by atoms with Gasteiger partial charge >= 0.3 is 0 Å². The fraction of sp³-hybridized carbons (Fsp3) is 0.452. The zero-order chi connectivity index (χ0) is 30.1. The van der Waals surface area contributed by atoms with Gasteiger partial charge in [0.25, 0.3) is 0 Å². The summed E-state index contributed by atoms with van der Waals surface area (Å²) < 4.78 is 70.4. The molecule has 11 heteroatoms. The Hall–Kier alpha value is -2.83. The number of ether oxygens (including phenoxy) is 2. The van der Waals surface area contributed by atoms with E-state index in [0.717, 1.165) is 24.0 Å². The number of aromatic nitrogens is 1. The Kier molecular flexibility index (Phi) is 8.78. The molecule has 2 aliphatic heterocycles. The zero-order valence-electron chi connectivity index (χ0n) is 24.7. The summed E-state index contributed by atoms with van der Waals surface area (Å²) in [7, 11) is -7.58. The van der Waals surface area contributed by atoms with Crippen molar-refractivity contribution >= 4 is 20.0 Å². The van der Waals surface area contributed by atoms with Gasteiger partial charge < -0.3 is 9.47 Å². The van der Waals surface area contributed by atoms with Gasteiger partial charge in [0.1, 0.15) is 0 Å². The first-order valence-corrected chi connectivity index (χ1v) is 17.2. The van der Waals surface area contributed by atoms with Gasteiger partial charge in [0.05, 0.1) is 28.6 Å². The van der Waals surface area contributed by atoms with E-state index in [1.165, 1.54) is 8.61 Å². The topological polar surface area (TPSA) is 106 Å². The normalized spacial score (nSPS) is 19.0. The number of hydrogen-bond donors (Lipinski definition) is 0. The summed E-state index contributed by atoms with van der Waals surface area (Å²) in [6, 6.07) is 13.8. The van der Waals surface area contributed by atoms with Gasteiger partial charge in [0.15, 0.2) is 5.75 Å². The predicted molar refractivity (Wildman–Crippen MR) is 160 cm³/mol. The largest absolute Gasteiger partial charge is 0.461 e. The number of fused-ring (bicyclic) bond motifs is 6. The zero-order valence-corrected chi connectivity index (χ0v) is 26.3. The first kappa shape index (κ1) is 30.6. The highest BCUT2D eigenvalue weighted by molar-refractivity contribution is 7.89. The number of rotatable bonds is 4. The predicted octanol–water partition coefficient (Wildman–Crippen LogP) is 5.30. The summed E-state index contributed by atoms with van der Waals surface area (Å²) in [5.74, 6) is -0.500. The van der Waals surface area contributed by atoms with Crippen LogP contribution in [0.3, 0.4) is 0 Å². The van der Waals surface area contributed by atoms with Gasteiger partial charge in [0.2, 0.25) is 25.8 Å². The van der Waals surface area contributed by atoms with Crippen LogP contribution in [-0.2, 0) is 44.5 Å². The Morgan fingerprint density at radius 2 is 1.24 bits per heavy atom. The first-order valence-electron chi connectivity index (χ1n) is 14.3. The molecule has 9 nitrogen and oxygen atoms in total. The summed E-state index contributed by atoms with van der Waals surface area (Å²) in [6.45, 7) is 8.38. The Labute approximate surface area is 249 Å². The molecule has 226 valence electrons. The molecule has 42 heavy (non-hydrogen) atoms. The molecule has 2 bridgehead atoms. The van der Waals surface area contributed by atoms with Crippen LogP contribution in [0.5, 0.6) is 5.75 Å². The molecular formula is C31H39N3O6S2. The van der Waals surface area contributed by atoms with Gasteiger partial charge in [-0.2, -0.15) is 8.61 Å². The monoisotopic (exact) mass is 613 g/mol. The minimum atomic E-state index is -3.80. The Morgan fingerprint density at radius 1 is 0.738 bits per heavy atom. The van der Waals surface area contributed by atoms with Crippen molar-refractivity contribution in [3.63, 3.8) is 0 Å². The highest BCUT2D eigenvalue weighted by Crippen LogP contribution is 2.38. The lowest BCUT2D eigenvalue weighted by atomic mass is 10.1. The fourth-order valence-corrected chi connectivity index (χ4v) is 8.13. The minimum absolute atomic E-state index is 0.0281. The van der Waals surface area contributed by atoms with Crippen molar-refractivity contribution in [3.05, 3.63) is 82.7 Å². The highest BCUT2D eigenvalue weighted by Gasteiger charge is 2.35. The van der Waals surface area contributed by atoms with Crippen molar-refractivity contribution in [2.45, 2.75) is 88.7 Å². The van der Waals surface area contributed by atoms with E-state index in [-0.39, 0.29) is 29.5 Å². The van der Waals surface area contributed by atoms with Crippen LogP contribution >= 0.6 is 0 Å². The quantitative estimate of drug-likeness (QED) is 0.393. The van der Waals surface area contributed by atoms with Crippen molar-refractivity contribution < 1.29 is 26.3 Å². The Balaban J connectivity index is 1.57. The lowest BCUT2D eigenvalue weighted by Crippen LogP contribution is -2.39. The number of hydrogen-bond acceptors (Lipinski definition) is 7. The minimum Gasteiger partial charge on any atom is -0.461 e. The van der Waals surface area contributed by atoms with Crippen molar-refractivity contribution in [2.75, 3.05) is 13.1 Å².